The lowest BCUT2D eigenvalue weighted by atomic mass is 9.71. The second-order valence-corrected chi connectivity index (χ2v) is 11.1. The number of fused-ring (bicyclic) bond motifs is 9. The Hall–Kier alpha value is -3.56. The smallest absolute Gasteiger partial charge is 0.308 e. The van der Waals surface area contributed by atoms with Crippen molar-refractivity contribution >= 4 is 5.97 Å². The van der Waals surface area contributed by atoms with Gasteiger partial charge in [0.1, 0.15) is 11.8 Å². The van der Waals surface area contributed by atoms with Crippen LogP contribution in [0.5, 0.6) is 28.7 Å². The van der Waals surface area contributed by atoms with E-state index in [2.05, 4.69) is 21.9 Å². The van der Waals surface area contributed by atoms with E-state index < -0.39 is 18.1 Å². The SMILES string of the molecule is COCOc1c(OC)c(C)cc2c1[C@@H]1C3Cc4c(OC(C)=O)c(C)c5c(c4[C@H](CO)N3C(C#N)[C@H](C2)N1C)OCO5. The van der Waals surface area contributed by atoms with Crippen LogP contribution in [0.3, 0.4) is 0 Å². The molecule has 0 radical (unpaired) electrons. The molecule has 2 unspecified atom stereocenters. The number of nitrogens with zero attached hydrogens (tertiary/aromatic N) is 3. The zero-order valence-corrected chi connectivity index (χ0v) is 24.1. The van der Waals surface area contributed by atoms with Gasteiger partial charge in [-0.2, -0.15) is 5.26 Å². The molecule has 4 aliphatic heterocycles. The number of piperazine rings is 1. The molecule has 2 aromatic rings. The van der Waals surface area contributed by atoms with E-state index in [0.29, 0.717) is 52.7 Å². The number of carbonyl (C=O) groups excluding carboxylic acids is 1. The van der Waals surface area contributed by atoms with Crippen molar-refractivity contribution in [1.82, 2.24) is 9.80 Å². The van der Waals surface area contributed by atoms with Gasteiger partial charge < -0.3 is 33.5 Å². The number of esters is 1. The second-order valence-electron chi connectivity index (χ2n) is 11.1. The minimum atomic E-state index is -0.588. The fraction of sp³-hybridized carbons (Fsp3) is 0.533. The van der Waals surface area contributed by atoms with Crippen LogP contribution in [0.4, 0.5) is 0 Å². The first-order chi connectivity index (χ1) is 19.8. The van der Waals surface area contributed by atoms with Crippen molar-refractivity contribution in [2.75, 3.05) is 41.5 Å². The van der Waals surface area contributed by atoms with Crippen molar-refractivity contribution in [2.24, 2.45) is 0 Å². The van der Waals surface area contributed by atoms with Gasteiger partial charge in [-0.15, -0.1) is 0 Å². The van der Waals surface area contributed by atoms with E-state index in [0.717, 1.165) is 22.3 Å². The summed E-state index contributed by atoms with van der Waals surface area (Å²) in [7, 11) is 5.23. The molecule has 1 N–H and O–H groups in total. The zero-order valence-electron chi connectivity index (χ0n) is 24.1. The molecule has 218 valence electrons. The highest BCUT2D eigenvalue weighted by molar-refractivity contribution is 5.74. The number of hydrogen-bond acceptors (Lipinski definition) is 11. The third-order valence-electron chi connectivity index (χ3n) is 8.99. The van der Waals surface area contributed by atoms with E-state index in [4.69, 9.17) is 28.4 Å². The molecule has 0 aliphatic carbocycles. The maximum atomic E-state index is 12.3. The maximum absolute atomic E-state index is 12.3. The molecule has 4 aliphatic rings. The summed E-state index contributed by atoms with van der Waals surface area (Å²) in [5, 5.41) is 21.5. The summed E-state index contributed by atoms with van der Waals surface area (Å²) in [6, 6.07) is 2.92. The summed E-state index contributed by atoms with van der Waals surface area (Å²) < 4.78 is 34.9. The summed E-state index contributed by atoms with van der Waals surface area (Å²) in [6.45, 7) is 4.99. The van der Waals surface area contributed by atoms with E-state index in [-0.39, 0.29) is 38.3 Å². The summed E-state index contributed by atoms with van der Waals surface area (Å²) in [5.74, 6) is 2.25. The predicted octanol–water partition coefficient (Wildman–Crippen LogP) is 2.71. The second kappa shape index (κ2) is 10.4. The lowest BCUT2D eigenvalue weighted by Gasteiger charge is -2.59. The van der Waals surface area contributed by atoms with Crippen LogP contribution in [-0.2, 0) is 22.4 Å². The number of aryl methyl sites for hydroxylation is 1. The predicted molar refractivity (Wildman–Crippen MR) is 145 cm³/mol. The van der Waals surface area contributed by atoms with E-state index in [1.807, 2.05) is 20.9 Å². The van der Waals surface area contributed by atoms with E-state index >= 15 is 0 Å². The summed E-state index contributed by atoms with van der Waals surface area (Å²) in [5.41, 5.74) is 5.15. The van der Waals surface area contributed by atoms with Gasteiger partial charge in [-0.25, -0.2) is 0 Å². The van der Waals surface area contributed by atoms with E-state index in [9.17, 15) is 15.2 Å². The van der Waals surface area contributed by atoms with Gasteiger partial charge in [-0.05, 0) is 44.9 Å². The normalized spacial score (nSPS) is 26.0. The van der Waals surface area contributed by atoms with Crippen LogP contribution in [0, 0.1) is 25.2 Å². The third-order valence-corrected chi connectivity index (χ3v) is 8.99. The van der Waals surface area contributed by atoms with Crippen molar-refractivity contribution in [3.8, 4) is 34.8 Å². The molecular weight excluding hydrogens is 530 g/mol. The molecule has 0 amide bonds. The van der Waals surface area contributed by atoms with Crippen LogP contribution in [0.25, 0.3) is 0 Å². The molecule has 11 nitrogen and oxygen atoms in total. The first kappa shape index (κ1) is 27.6. The lowest BCUT2D eigenvalue weighted by molar-refractivity contribution is -0.132. The van der Waals surface area contributed by atoms with Crippen molar-refractivity contribution in [2.45, 2.75) is 63.8 Å². The van der Waals surface area contributed by atoms with E-state index in [1.54, 1.807) is 14.2 Å². The van der Waals surface area contributed by atoms with Gasteiger partial charge in [0.25, 0.3) is 0 Å². The molecule has 2 bridgehead atoms. The quantitative estimate of drug-likeness (QED) is 0.316. The molecule has 41 heavy (non-hydrogen) atoms. The number of aliphatic hydroxyl groups excluding tert-OH is 1. The maximum Gasteiger partial charge on any atom is 0.308 e. The number of methoxy groups -OCH3 is 2. The summed E-state index contributed by atoms with van der Waals surface area (Å²) in [6.07, 6.45) is 1.05. The minimum Gasteiger partial charge on any atom is -0.493 e. The molecule has 5 atom stereocenters. The number of carbonyl (C=O) groups is 1. The fourth-order valence-electron chi connectivity index (χ4n) is 7.53. The Morgan fingerprint density at radius 2 is 1.88 bits per heavy atom. The highest BCUT2D eigenvalue weighted by Crippen LogP contribution is 2.58. The number of benzene rings is 2. The van der Waals surface area contributed by atoms with Crippen LogP contribution >= 0.6 is 0 Å². The highest BCUT2D eigenvalue weighted by Gasteiger charge is 2.56. The molecule has 6 rings (SSSR count). The van der Waals surface area contributed by atoms with Gasteiger partial charge in [-0.3, -0.25) is 14.6 Å². The first-order valence-electron chi connectivity index (χ1n) is 13.7. The molecule has 0 aromatic heterocycles. The molecule has 2 aromatic carbocycles. The van der Waals surface area contributed by atoms with Crippen molar-refractivity contribution < 1.29 is 38.3 Å². The Bertz CT molecular complexity index is 1450. The Kier molecular flexibility index (Phi) is 6.98. The molecule has 0 saturated carbocycles. The number of rotatable bonds is 6. The fourth-order valence-corrected chi connectivity index (χ4v) is 7.53. The van der Waals surface area contributed by atoms with Crippen LogP contribution in [-0.4, -0.2) is 80.5 Å². The van der Waals surface area contributed by atoms with Gasteiger partial charge in [-0.1, -0.05) is 6.07 Å². The monoisotopic (exact) mass is 565 g/mol. The first-order valence-corrected chi connectivity index (χ1v) is 13.7. The van der Waals surface area contributed by atoms with Gasteiger partial charge >= 0.3 is 5.97 Å². The number of hydrogen-bond donors (Lipinski definition) is 1. The van der Waals surface area contributed by atoms with Gasteiger partial charge in [0, 0.05) is 48.4 Å². The number of nitriles is 1. The average Bonchev–Trinajstić information content (AvgIpc) is 3.43. The summed E-state index contributed by atoms with van der Waals surface area (Å²) in [4.78, 5) is 16.6. The van der Waals surface area contributed by atoms with Gasteiger partial charge in [0.15, 0.2) is 29.8 Å². The minimum absolute atomic E-state index is 0.0239. The van der Waals surface area contributed by atoms with Crippen molar-refractivity contribution in [3.63, 3.8) is 0 Å². The lowest BCUT2D eigenvalue weighted by Crippen LogP contribution is -2.68. The topological polar surface area (TPSA) is 123 Å². The van der Waals surface area contributed by atoms with Crippen molar-refractivity contribution in [1.29, 1.82) is 5.26 Å². The van der Waals surface area contributed by atoms with Gasteiger partial charge in [0.05, 0.1) is 31.9 Å². The number of likely N-dealkylation sites (N-methyl/N-ethyl adjacent to an activating group) is 1. The number of aliphatic hydroxyl groups is 1. The summed E-state index contributed by atoms with van der Waals surface area (Å²) >= 11 is 0. The molecule has 0 spiro atoms. The Morgan fingerprint density at radius 1 is 1.12 bits per heavy atom. The van der Waals surface area contributed by atoms with Gasteiger partial charge in [0.2, 0.25) is 6.79 Å². The van der Waals surface area contributed by atoms with E-state index in [1.165, 1.54) is 6.92 Å². The van der Waals surface area contributed by atoms with Crippen LogP contribution < -0.4 is 23.7 Å². The molecule has 1 saturated heterocycles. The molecule has 1 fully saturated rings. The molecule has 4 heterocycles. The molecule has 11 heteroatoms. The zero-order chi connectivity index (χ0) is 29.2. The Balaban J connectivity index is 1.61. The van der Waals surface area contributed by atoms with Crippen LogP contribution in [0.1, 0.15) is 52.4 Å². The Labute approximate surface area is 239 Å². The highest BCUT2D eigenvalue weighted by atomic mass is 16.7. The standard InChI is InChI=1S/C30H35N3O8/c1-14-7-17-8-19-21(10-31)33-20(25(32(19)4)23(17)29(26(14)37-6)38-12-36-5)9-18-24(22(33)11-34)30-28(39-13-40-30)15(2)27(18)41-16(3)35/h7,19-22,25,34H,8-9,11-13H2,1-6H3/t19-,20?,21?,22-,25-/m0/s1. The Morgan fingerprint density at radius 3 is 2.54 bits per heavy atom. The van der Waals surface area contributed by atoms with Crippen molar-refractivity contribution in [3.05, 3.63) is 39.4 Å². The largest absolute Gasteiger partial charge is 0.493 e. The van der Waals surface area contributed by atoms with Crippen LogP contribution in [0.15, 0.2) is 6.07 Å². The van der Waals surface area contributed by atoms with Crippen LogP contribution in [0.2, 0.25) is 0 Å². The number of ether oxygens (including phenoxy) is 6. The average molecular weight is 566 g/mol. The molecular formula is C30H35N3O8. The third kappa shape index (κ3) is 3.96.